The first-order chi connectivity index (χ1) is 13.2. The van der Waals surface area contributed by atoms with Crippen LogP contribution in [0, 0.1) is 0 Å². The van der Waals surface area contributed by atoms with Crippen LogP contribution in [0.15, 0.2) is 65.2 Å². The molecule has 2 heterocycles. The highest BCUT2D eigenvalue weighted by Gasteiger charge is 2.33. The van der Waals surface area contributed by atoms with Gasteiger partial charge in [-0.15, -0.1) is 0 Å². The molecule has 1 aromatic heterocycles. The standard InChI is InChI=1S/C21H18ClN3O2/c22-17-11-9-16(10-12-17)20-23-21(27-24-20)18-7-4-14-25(18)19(26)13-8-15-5-2-1-3-6-15/h1-3,5-6,8-13,18H,4,7,14H2. The van der Waals surface area contributed by atoms with Crippen molar-refractivity contribution >= 4 is 23.6 Å². The summed E-state index contributed by atoms with van der Waals surface area (Å²) in [5.41, 5.74) is 1.82. The summed E-state index contributed by atoms with van der Waals surface area (Å²) in [4.78, 5) is 18.9. The van der Waals surface area contributed by atoms with Gasteiger partial charge in [0.25, 0.3) is 0 Å². The molecule has 5 nitrogen and oxygen atoms in total. The maximum absolute atomic E-state index is 12.7. The molecular formula is C21H18ClN3O2. The Morgan fingerprint density at radius 2 is 1.93 bits per heavy atom. The van der Waals surface area contributed by atoms with Crippen molar-refractivity contribution in [3.63, 3.8) is 0 Å². The van der Waals surface area contributed by atoms with Crippen LogP contribution in [0.2, 0.25) is 5.02 Å². The van der Waals surface area contributed by atoms with Gasteiger partial charge < -0.3 is 9.42 Å². The van der Waals surface area contributed by atoms with Crippen LogP contribution in [0.4, 0.5) is 0 Å². The number of halogens is 1. The van der Waals surface area contributed by atoms with E-state index in [1.165, 1.54) is 0 Å². The van der Waals surface area contributed by atoms with Crippen molar-refractivity contribution in [2.45, 2.75) is 18.9 Å². The fraction of sp³-hybridized carbons (Fsp3) is 0.190. The second kappa shape index (κ2) is 7.76. The summed E-state index contributed by atoms with van der Waals surface area (Å²) >= 11 is 5.92. The molecule has 4 rings (SSSR count). The van der Waals surface area contributed by atoms with Crippen molar-refractivity contribution in [1.82, 2.24) is 15.0 Å². The highest BCUT2D eigenvalue weighted by Crippen LogP contribution is 2.32. The van der Waals surface area contributed by atoms with Crippen molar-refractivity contribution in [3.05, 3.63) is 77.2 Å². The van der Waals surface area contributed by atoms with Gasteiger partial charge in [-0.3, -0.25) is 4.79 Å². The molecule has 3 aromatic rings. The third-order valence-electron chi connectivity index (χ3n) is 4.58. The van der Waals surface area contributed by atoms with Crippen LogP contribution < -0.4 is 0 Å². The molecule has 0 radical (unpaired) electrons. The van der Waals surface area contributed by atoms with Crippen LogP contribution in [0.1, 0.15) is 30.3 Å². The first-order valence-electron chi connectivity index (χ1n) is 8.84. The summed E-state index contributed by atoms with van der Waals surface area (Å²) < 4.78 is 5.46. The number of nitrogens with zero attached hydrogens (tertiary/aromatic N) is 3. The number of carbonyl (C=O) groups excluding carboxylic acids is 1. The summed E-state index contributed by atoms with van der Waals surface area (Å²) in [6.45, 7) is 0.682. The normalized spacial score (nSPS) is 16.9. The van der Waals surface area contributed by atoms with Gasteiger partial charge in [-0.25, -0.2) is 0 Å². The highest BCUT2D eigenvalue weighted by atomic mass is 35.5. The lowest BCUT2D eigenvalue weighted by molar-refractivity contribution is -0.127. The molecule has 1 saturated heterocycles. The van der Waals surface area contributed by atoms with E-state index in [1.54, 1.807) is 23.1 Å². The average molecular weight is 380 g/mol. The van der Waals surface area contributed by atoms with E-state index in [4.69, 9.17) is 16.1 Å². The maximum Gasteiger partial charge on any atom is 0.249 e. The first-order valence-corrected chi connectivity index (χ1v) is 9.22. The van der Waals surface area contributed by atoms with E-state index in [0.717, 1.165) is 24.0 Å². The van der Waals surface area contributed by atoms with E-state index in [2.05, 4.69) is 10.1 Å². The quantitative estimate of drug-likeness (QED) is 0.613. The van der Waals surface area contributed by atoms with Crippen molar-refractivity contribution in [2.24, 2.45) is 0 Å². The van der Waals surface area contributed by atoms with E-state index in [1.807, 2.05) is 48.5 Å². The Morgan fingerprint density at radius 3 is 2.70 bits per heavy atom. The van der Waals surface area contributed by atoms with Gasteiger partial charge in [0.15, 0.2) is 0 Å². The molecular weight excluding hydrogens is 362 g/mol. The van der Waals surface area contributed by atoms with Crippen LogP contribution in [0.3, 0.4) is 0 Å². The Balaban J connectivity index is 1.50. The molecule has 1 aliphatic heterocycles. The van der Waals surface area contributed by atoms with Crippen LogP contribution in [-0.2, 0) is 4.79 Å². The molecule has 0 spiro atoms. The van der Waals surface area contributed by atoms with Crippen LogP contribution in [-0.4, -0.2) is 27.5 Å². The van der Waals surface area contributed by atoms with E-state index in [0.29, 0.717) is 23.3 Å². The smallest absolute Gasteiger partial charge is 0.249 e. The minimum atomic E-state index is -0.188. The molecule has 1 amide bonds. The number of likely N-dealkylation sites (tertiary alicyclic amines) is 1. The third kappa shape index (κ3) is 3.93. The zero-order valence-electron chi connectivity index (χ0n) is 14.6. The van der Waals surface area contributed by atoms with Gasteiger partial charge in [-0.1, -0.05) is 47.1 Å². The molecule has 27 heavy (non-hydrogen) atoms. The molecule has 0 aliphatic carbocycles. The number of amides is 1. The fourth-order valence-corrected chi connectivity index (χ4v) is 3.33. The van der Waals surface area contributed by atoms with E-state index in [9.17, 15) is 4.79 Å². The molecule has 0 saturated carbocycles. The van der Waals surface area contributed by atoms with Crippen molar-refractivity contribution in [3.8, 4) is 11.4 Å². The molecule has 2 aromatic carbocycles. The Kier molecular flexibility index (Phi) is 5.03. The number of rotatable bonds is 4. The molecule has 1 fully saturated rings. The van der Waals surface area contributed by atoms with Crippen LogP contribution >= 0.6 is 11.6 Å². The minimum absolute atomic E-state index is 0.0485. The summed E-state index contributed by atoms with van der Waals surface area (Å²) in [7, 11) is 0. The predicted molar refractivity (Wildman–Crippen MR) is 104 cm³/mol. The van der Waals surface area contributed by atoms with Gasteiger partial charge >= 0.3 is 0 Å². The third-order valence-corrected chi connectivity index (χ3v) is 4.84. The lowest BCUT2D eigenvalue weighted by atomic mass is 10.2. The molecule has 0 N–H and O–H groups in total. The Morgan fingerprint density at radius 1 is 1.15 bits per heavy atom. The number of aromatic nitrogens is 2. The van der Waals surface area contributed by atoms with Gasteiger partial charge in [-0.2, -0.15) is 4.98 Å². The second-order valence-electron chi connectivity index (χ2n) is 6.40. The topological polar surface area (TPSA) is 59.2 Å². The minimum Gasteiger partial charge on any atom is -0.337 e. The molecule has 1 unspecified atom stereocenters. The van der Waals surface area contributed by atoms with Gasteiger partial charge in [0.2, 0.25) is 17.6 Å². The zero-order chi connectivity index (χ0) is 18.6. The lowest BCUT2D eigenvalue weighted by Gasteiger charge is -2.20. The number of hydrogen-bond donors (Lipinski definition) is 0. The number of hydrogen-bond acceptors (Lipinski definition) is 4. The summed E-state index contributed by atoms with van der Waals surface area (Å²) in [6, 6.07) is 16.8. The van der Waals surface area contributed by atoms with E-state index >= 15 is 0 Å². The molecule has 1 aliphatic rings. The van der Waals surface area contributed by atoms with Crippen molar-refractivity contribution in [2.75, 3.05) is 6.54 Å². The summed E-state index contributed by atoms with van der Waals surface area (Å²) in [5.74, 6) is 0.923. The number of carbonyl (C=O) groups is 1. The summed E-state index contributed by atoms with van der Waals surface area (Å²) in [6.07, 6.45) is 5.15. The van der Waals surface area contributed by atoms with Crippen LogP contribution in [0.25, 0.3) is 17.5 Å². The number of benzene rings is 2. The largest absolute Gasteiger partial charge is 0.337 e. The van der Waals surface area contributed by atoms with E-state index < -0.39 is 0 Å². The Bertz CT molecular complexity index is 951. The lowest BCUT2D eigenvalue weighted by Crippen LogP contribution is -2.29. The summed E-state index contributed by atoms with van der Waals surface area (Å²) in [5, 5.41) is 4.72. The zero-order valence-corrected chi connectivity index (χ0v) is 15.3. The average Bonchev–Trinajstić information content (AvgIpc) is 3.37. The highest BCUT2D eigenvalue weighted by molar-refractivity contribution is 6.30. The maximum atomic E-state index is 12.7. The van der Waals surface area contributed by atoms with Gasteiger partial charge in [0.1, 0.15) is 6.04 Å². The predicted octanol–water partition coefficient (Wildman–Crippen LogP) is 4.77. The van der Waals surface area contributed by atoms with E-state index in [-0.39, 0.29) is 11.9 Å². The SMILES string of the molecule is O=C(C=Cc1ccccc1)N1CCCC1c1nc(-c2ccc(Cl)cc2)no1. The van der Waals surface area contributed by atoms with Crippen LogP contribution in [0.5, 0.6) is 0 Å². The molecule has 6 heteroatoms. The molecule has 0 bridgehead atoms. The molecule has 136 valence electrons. The van der Waals surface area contributed by atoms with Crippen molar-refractivity contribution < 1.29 is 9.32 Å². The van der Waals surface area contributed by atoms with Gasteiger partial charge in [0, 0.05) is 23.2 Å². The Labute approximate surface area is 162 Å². The van der Waals surface area contributed by atoms with Crippen molar-refractivity contribution in [1.29, 1.82) is 0 Å². The van der Waals surface area contributed by atoms with Gasteiger partial charge in [0.05, 0.1) is 0 Å². The first kappa shape index (κ1) is 17.5. The second-order valence-corrected chi connectivity index (χ2v) is 6.83. The fourth-order valence-electron chi connectivity index (χ4n) is 3.20. The molecule has 1 atom stereocenters. The monoisotopic (exact) mass is 379 g/mol. The van der Waals surface area contributed by atoms with Gasteiger partial charge in [-0.05, 0) is 48.7 Å². The Hall–Kier alpha value is -2.92.